The molecular formula is C12H21N3. The van der Waals surface area contributed by atoms with E-state index in [1.807, 2.05) is 0 Å². The molecule has 0 bridgehead atoms. The molecular weight excluding hydrogens is 186 g/mol. The van der Waals surface area contributed by atoms with E-state index < -0.39 is 0 Å². The minimum atomic E-state index is 0.508. The molecule has 2 N–H and O–H groups in total. The summed E-state index contributed by atoms with van der Waals surface area (Å²) in [6.07, 6.45) is 2.37. The van der Waals surface area contributed by atoms with Gasteiger partial charge in [-0.3, -0.25) is 0 Å². The number of imidazole rings is 1. The van der Waals surface area contributed by atoms with E-state index in [0.717, 1.165) is 19.5 Å². The zero-order chi connectivity index (χ0) is 11.0. The molecule has 1 aromatic rings. The van der Waals surface area contributed by atoms with Gasteiger partial charge in [0.2, 0.25) is 0 Å². The van der Waals surface area contributed by atoms with Gasteiger partial charge in [0, 0.05) is 18.2 Å². The van der Waals surface area contributed by atoms with Crippen LogP contribution < -0.4 is 5.73 Å². The molecule has 0 saturated carbocycles. The molecule has 2 rings (SSSR count). The molecule has 0 saturated heterocycles. The lowest BCUT2D eigenvalue weighted by Crippen LogP contribution is -2.27. The van der Waals surface area contributed by atoms with Gasteiger partial charge in [0.1, 0.15) is 5.82 Å². The Hall–Kier alpha value is -0.830. The van der Waals surface area contributed by atoms with Crippen molar-refractivity contribution in [3.63, 3.8) is 0 Å². The fourth-order valence-corrected chi connectivity index (χ4v) is 2.47. The first-order valence-electron chi connectivity index (χ1n) is 5.89. The van der Waals surface area contributed by atoms with Crippen LogP contribution in [-0.2, 0) is 13.0 Å². The van der Waals surface area contributed by atoms with Crippen molar-refractivity contribution in [3.05, 3.63) is 17.2 Å². The lowest BCUT2D eigenvalue weighted by molar-refractivity contribution is 0.367. The molecule has 1 aliphatic rings. The normalized spacial score (nSPS) is 20.7. The molecule has 1 aromatic heterocycles. The van der Waals surface area contributed by atoms with Crippen LogP contribution in [0.3, 0.4) is 0 Å². The third-order valence-electron chi connectivity index (χ3n) is 3.38. The van der Waals surface area contributed by atoms with Crippen molar-refractivity contribution in [2.45, 2.75) is 46.1 Å². The number of nitrogens with two attached hydrogens (primary N) is 1. The minimum Gasteiger partial charge on any atom is -0.331 e. The van der Waals surface area contributed by atoms with Gasteiger partial charge in [-0.1, -0.05) is 13.8 Å². The fraction of sp³-hybridized carbons (Fsp3) is 0.750. The predicted molar refractivity (Wildman–Crippen MR) is 61.9 cm³/mol. The molecule has 0 amide bonds. The smallest absolute Gasteiger partial charge is 0.111 e. The Bertz CT molecular complexity index is 352. The average molecular weight is 207 g/mol. The minimum absolute atomic E-state index is 0.508. The van der Waals surface area contributed by atoms with Crippen molar-refractivity contribution >= 4 is 0 Å². The molecule has 3 heteroatoms. The first-order chi connectivity index (χ1) is 7.13. The van der Waals surface area contributed by atoms with E-state index in [1.54, 1.807) is 0 Å². The van der Waals surface area contributed by atoms with Gasteiger partial charge < -0.3 is 10.3 Å². The Morgan fingerprint density at radius 1 is 1.53 bits per heavy atom. The molecule has 3 nitrogen and oxygen atoms in total. The molecule has 0 aliphatic carbocycles. The van der Waals surface area contributed by atoms with Crippen LogP contribution in [0.4, 0.5) is 0 Å². The number of hydrogen-bond donors (Lipinski definition) is 1. The Balaban J connectivity index is 2.37. The Labute approximate surface area is 91.7 Å². The second-order valence-electron chi connectivity index (χ2n) is 4.91. The standard InChI is InChI=1S/C12H21N3/c1-8(2)12-14-9(3)11-5-4-10(6-13)7-15(11)12/h8,10H,4-7,13H2,1-3H3. The SMILES string of the molecule is Cc1nc(C(C)C)n2c1CCC(CN)C2. The number of aromatic nitrogens is 2. The summed E-state index contributed by atoms with van der Waals surface area (Å²) in [4.78, 5) is 4.68. The van der Waals surface area contributed by atoms with Gasteiger partial charge in [-0.05, 0) is 32.2 Å². The van der Waals surface area contributed by atoms with E-state index in [4.69, 9.17) is 5.73 Å². The lowest BCUT2D eigenvalue weighted by atomic mass is 9.97. The largest absolute Gasteiger partial charge is 0.331 e. The molecule has 1 aliphatic heterocycles. The van der Waals surface area contributed by atoms with E-state index in [1.165, 1.54) is 23.6 Å². The quantitative estimate of drug-likeness (QED) is 0.804. The summed E-state index contributed by atoms with van der Waals surface area (Å²) in [6.45, 7) is 8.41. The second-order valence-corrected chi connectivity index (χ2v) is 4.91. The number of nitrogens with zero attached hydrogens (tertiary/aromatic N) is 2. The number of rotatable bonds is 2. The van der Waals surface area contributed by atoms with Crippen LogP contribution in [0.2, 0.25) is 0 Å². The van der Waals surface area contributed by atoms with E-state index in [-0.39, 0.29) is 0 Å². The predicted octanol–water partition coefficient (Wildman–Crippen LogP) is 1.84. The highest BCUT2D eigenvalue weighted by molar-refractivity contribution is 5.19. The van der Waals surface area contributed by atoms with Gasteiger partial charge in [0.25, 0.3) is 0 Å². The van der Waals surface area contributed by atoms with Crippen LogP contribution in [-0.4, -0.2) is 16.1 Å². The Kier molecular flexibility index (Phi) is 2.83. The molecule has 0 aromatic carbocycles. The summed E-state index contributed by atoms with van der Waals surface area (Å²) in [7, 11) is 0. The molecule has 0 spiro atoms. The summed E-state index contributed by atoms with van der Waals surface area (Å²) in [6, 6.07) is 0. The maximum atomic E-state index is 5.76. The van der Waals surface area contributed by atoms with Crippen molar-refractivity contribution in [1.29, 1.82) is 0 Å². The number of fused-ring (bicyclic) bond motifs is 1. The first-order valence-corrected chi connectivity index (χ1v) is 5.89. The maximum Gasteiger partial charge on any atom is 0.111 e. The summed E-state index contributed by atoms with van der Waals surface area (Å²) in [5, 5.41) is 0. The highest BCUT2D eigenvalue weighted by Gasteiger charge is 2.23. The first kappa shape index (κ1) is 10.7. The van der Waals surface area contributed by atoms with Gasteiger partial charge in [-0.25, -0.2) is 4.98 Å². The third-order valence-corrected chi connectivity index (χ3v) is 3.38. The fourth-order valence-electron chi connectivity index (χ4n) is 2.47. The highest BCUT2D eigenvalue weighted by atomic mass is 15.1. The van der Waals surface area contributed by atoms with Gasteiger partial charge in [0.15, 0.2) is 0 Å². The average Bonchev–Trinajstić information content (AvgIpc) is 2.56. The number of aryl methyl sites for hydroxylation is 1. The molecule has 0 radical (unpaired) electrons. The van der Waals surface area contributed by atoms with Crippen LogP contribution in [0.25, 0.3) is 0 Å². The summed E-state index contributed by atoms with van der Waals surface area (Å²) >= 11 is 0. The zero-order valence-electron chi connectivity index (χ0n) is 9.95. The van der Waals surface area contributed by atoms with Crippen molar-refractivity contribution in [2.24, 2.45) is 11.7 Å². The summed E-state index contributed by atoms with van der Waals surface area (Å²) in [5.74, 6) is 2.39. The molecule has 0 fully saturated rings. The maximum absolute atomic E-state index is 5.76. The van der Waals surface area contributed by atoms with E-state index in [9.17, 15) is 0 Å². The Morgan fingerprint density at radius 2 is 2.27 bits per heavy atom. The van der Waals surface area contributed by atoms with Crippen molar-refractivity contribution in [3.8, 4) is 0 Å². The van der Waals surface area contributed by atoms with Gasteiger partial charge >= 0.3 is 0 Å². The summed E-state index contributed by atoms with van der Waals surface area (Å²) < 4.78 is 2.40. The molecule has 1 atom stereocenters. The van der Waals surface area contributed by atoms with Crippen LogP contribution >= 0.6 is 0 Å². The molecule has 1 unspecified atom stereocenters. The lowest BCUT2D eigenvalue weighted by Gasteiger charge is -2.25. The van der Waals surface area contributed by atoms with Gasteiger partial charge in [0.05, 0.1) is 5.69 Å². The molecule has 84 valence electrons. The van der Waals surface area contributed by atoms with Gasteiger partial charge in [-0.15, -0.1) is 0 Å². The summed E-state index contributed by atoms with van der Waals surface area (Å²) in [5.41, 5.74) is 8.41. The van der Waals surface area contributed by atoms with Gasteiger partial charge in [-0.2, -0.15) is 0 Å². The van der Waals surface area contributed by atoms with E-state index in [2.05, 4.69) is 30.3 Å². The molecule has 15 heavy (non-hydrogen) atoms. The van der Waals surface area contributed by atoms with E-state index >= 15 is 0 Å². The van der Waals surface area contributed by atoms with Crippen LogP contribution in [0, 0.1) is 12.8 Å². The Morgan fingerprint density at radius 3 is 2.87 bits per heavy atom. The van der Waals surface area contributed by atoms with Crippen molar-refractivity contribution in [2.75, 3.05) is 6.54 Å². The van der Waals surface area contributed by atoms with Crippen LogP contribution in [0.15, 0.2) is 0 Å². The monoisotopic (exact) mass is 207 g/mol. The highest BCUT2D eigenvalue weighted by Crippen LogP contribution is 2.26. The van der Waals surface area contributed by atoms with Crippen LogP contribution in [0.1, 0.15) is 43.4 Å². The van der Waals surface area contributed by atoms with Crippen LogP contribution in [0.5, 0.6) is 0 Å². The third kappa shape index (κ3) is 1.81. The molecule has 2 heterocycles. The van der Waals surface area contributed by atoms with E-state index in [0.29, 0.717) is 11.8 Å². The second kappa shape index (κ2) is 3.97. The zero-order valence-corrected chi connectivity index (χ0v) is 9.95. The number of hydrogen-bond acceptors (Lipinski definition) is 2. The topological polar surface area (TPSA) is 43.8 Å². The van der Waals surface area contributed by atoms with Crippen molar-refractivity contribution < 1.29 is 0 Å². The van der Waals surface area contributed by atoms with Crippen molar-refractivity contribution in [1.82, 2.24) is 9.55 Å².